The van der Waals surface area contributed by atoms with E-state index in [1.165, 1.54) is 161 Å². The lowest BCUT2D eigenvalue weighted by Gasteiger charge is -2.18. The topological polar surface area (TPSA) is 78.9 Å². The van der Waals surface area contributed by atoms with Gasteiger partial charge >= 0.3 is 17.9 Å². The van der Waals surface area contributed by atoms with Gasteiger partial charge in [-0.15, -0.1) is 0 Å². The van der Waals surface area contributed by atoms with Crippen LogP contribution in [0.1, 0.15) is 316 Å². The van der Waals surface area contributed by atoms with Gasteiger partial charge < -0.3 is 14.2 Å². The molecule has 1 unspecified atom stereocenters. The zero-order valence-electron chi connectivity index (χ0n) is 51.9. The predicted molar refractivity (Wildman–Crippen MR) is 343 cm³/mol. The molecule has 0 spiro atoms. The molecule has 0 aromatic rings. The van der Waals surface area contributed by atoms with Crippen LogP contribution in [-0.2, 0) is 28.6 Å². The maximum Gasteiger partial charge on any atom is 0.306 e. The molecule has 0 aromatic heterocycles. The van der Waals surface area contributed by atoms with E-state index in [9.17, 15) is 14.4 Å². The number of unbranched alkanes of at least 4 members (excludes halogenated alkanes) is 31. The molecule has 0 aliphatic carbocycles. The first-order valence-electron chi connectivity index (χ1n) is 33.4. The standard InChI is InChI=1S/C73H124O6/c1-4-7-10-13-16-19-22-24-26-28-30-32-34-35-36-37-39-40-42-44-46-48-51-54-57-60-63-66-72(75)78-69-70(68-77-71(74)65-62-59-56-53-50-21-18-15-12-9-6-3)79-73(76)67-64-61-58-55-52-49-47-45-43-41-38-33-31-29-27-25-23-20-17-14-11-8-5-2/h7,10,15-16,18-19,23-26,29-32,35-36,38,41,70H,4-6,8-9,11-14,17,20-22,27-28,33-34,37,39-40,42-69H2,1-3H3/b10-7-,18-15-,19-16-,25-23-,26-24-,31-29-,32-30-,36-35-,41-38-. The molecular formula is C73H124O6. The Morgan fingerprint density at radius 3 is 0.823 bits per heavy atom. The molecule has 1 atom stereocenters. The largest absolute Gasteiger partial charge is 0.462 e. The van der Waals surface area contributed by atoms with Gasteiger partial charge in [0, 0.05) is 19.3 Å². The number of hydrogen-bond acceptors (Lipinski definition) is 6. The SMILES string of the molecule is CC/C=C\C/C=C\C/C=C\C/C=C\C/C=C\CCCCCCCCCCCCCC(=O)OCC(COC(=O)CCCCCCC/C=C\CCCC)OC(=O)CCCCCCCCCC/C=C\C/C=C\C/C=C\CCCCCCC. The Kier molecular flexibility index (Phi) is 63.3. The molecule has 0 saturated heterocycles. The van der Waals surface area contributed by atoms with Crippen molar-refractivity contribution in [2.45, 2.75) is 322 Å². The van der Waals surface area contributed by atoms with E-state index >= 15 is 0 Å². The second kappa shape index (κ2) is 66.6. The number of carbonyl (C=O) groups excluding carboxylic acids is 3. The first-order chi connectivity index (χ1) is 39.0. The summed E-state index contributed by atoms with van der Waals surface area (Å²) in [7, 11) is 0. The van der Waals surface area contributed by atoms with Gasteiger partial charge in [-0.25, -0.2) is 0 Å². The molecule has 79 heavy (non-hydrogen) atoms. The fraction of sp³-hybridized carbons (Fsp3) is 0.712. The molecule has 0 radical (unpaired) electrons. The third-order valence-corrected chi connectivity index (χ3v) is 14.2. The molecule has 0 fully saturated rings. The Labute approximate surface area is 489 Å². The lowest BCUT2D eigenvalue weighted by atomic mass is 10.0. The van der Waals surface area contributed by atoms with Crippen molar-refractivity contribution in [1.82, 2.24) is 0 Å². The van der Waals surface area contributed by atoms with Crippen LogP contribution in [0.2, 0.25) is 0 Å². The molecule has 0 aliphatic rings. The van der Waals surface area contributed by atoms with E-state index in [0.29, 0.717) is 19.3 Å². The van der Waals surface area contributed by atoms with E-state index in [1.54, 1.807) is 0 Å². The van der Waals surface area contributed by atoms with Gasteiger partial charge in [0.15, 0.2) is 6.10 Å². The van der Waals surface area contributed by atoms with E-state index in [-0.39, 0.29) is 31.1 Å². The van der Waals surface area contributed by atoms with Crippen molar-refractivity contribution in [3.8, 4) is 0 Å². The first-order valence-corrected chi connectivity index (χ1v) is 33.4. The fourth-order valence-corrected chi connectivity index (χ4v) is 9.22. The highest BCUT2D eigenvalue weighted by Gasteiger charge is 2.19. The Balaban J connectivity index is 4.28. The van der Waals surface area contributed by atoms with Crippen LogP contribution in [0.3, 0.4) is 0 Å². The molecule has 0 saturated carbocycles. The van der Waals surface area contributed by atoms with Crippen molar-refractivity contribution in [2.75, 3.05) is 13.2 Å². The summed E-state index contributed by atoms with van der Waals surface area (Å²) in [5.74, 6) is -0.897. The third kappa shape index (κ3) is 64.8. The number of rotatable bonds is 60. The van der Waals surface area contributed by atoms with E-state index in [1.807, 2.05) is 0 Å². The molecule has 6 nitrogen and oxygen atoms in total. The van der Waals surface area contributed by atoms with Gasteiger partial charge in [0.05, 0.1) is 0 Å². The van der Waals surface area contributed by atoms with Crippen LogP contribution in [0, 0.1) is 0 Å². The average Bonchev–Trinajstić information content (AvgIpc) is 3.45. The van der Waals surface area contributed by atoms with Crippen LogP contribution < -0.4 is 0 Å². The van der Waals surface area contributed by atoms with Gasteiger partial charge in [-0.1, -0.05) is 284 Å². The molecule has 0 heterocycles. The van der Waals surface area contributed by atoms with E-state index < -0.39 is 6.10 Å². The molecular weight excluding hydrogens is 973 g/mol. The van der Waals surface area contributed by atoms with Crippen molar-refractivity contribution < 1.29 is 28.6 Å². The van der Waals surface area contributed by atoms with Crippen LogP contribution >= 0.6 is 0 Å². The average molecular weight is 1100 g/mol. The number of hydrogen-bond donors (Lipinski definition) is 0. The molecule has 0 amide bonds. The van der Waals surface area contributed by atoms with E-state index in [0.717, 1.165) is 116 Å². The first kappa shape index (κ1) is 75.1. The van der Waals surface area contributed by atoms with Gasteiger partial charge in [-0.05, 0) is 122 Å². The number of allylic oxidation sites excluding steroid dienone is 18. The van der Waals surface area contributed by atoms with E-state index in [2.05, 4.69) is 130 Å². The summed E-state index contributed by atoms with van der Waals surface area (Å²) in [6.45, 7) is 6.48. The minimum atomic E-state index is -0.789. The Morgan fingerprint density at radius 1 is 0.266 bits per heavy atom. The van der Waals surface area contributed by atoms with Gasteiger partial charge in [0.25, 0.3) is 0 Å². The molecule has 6 heteroatoms. The van der Waals surface area contributed by atoms with Gasteiger partial charge in [-0.2, -0.15) is 0 Å². The highest BCUT2D eigenvalue weighted by atomic mass is 16.6. The highest BCUT2D eigenvalue weighted by Crippen LogP contribution is 2.16. The number of esters is 3. The Bertz CT molecular complexity index is 1590. The van der Waals surface area contributed by atoms with Gasteiger partial charge in [-0.3, -0.25) is 14.4 Å². The predicted octanol–water partition coefficient (Wildman–Crippen LogP) is 23.0. The van der Waals surface area contributed by atoms with Gasteiger partial charge in [0.1, 0.15) is 13.2 Å². The van der Waals surface area contributed by atoms with Crippen molar-refractivity contribution in [3.63, 3.8) is 0 Å². The van der Waals surface area contributed by atoms with Crippen LogP contribution in [0.25, 0.3) is 0 Å². The summed E-state index contributed by atoms with van der Waals surface area (Å²) >= 11 is 0. The summed E-state index contributed by atoms with van der Waals surface area (Å²) < 4.78 is 16.9. The molecule has 0 aliphatic heterocycles. The summed E-state index contributed by atoms with van der Waals surface area (Å²) in [6, 6.07) is 0. The maximum absolute atomic E-state index is 12.9. The second-order valence-corrected chi connectivity index (χ2v) is 22.0. The quantitative estimate of drug-likeness (QED) is 0.0261. The highest BCUT2D eigenvalue weighted by molar-refractivity contribution is 5.71. The van der Waals surface area contributed by atoms with Crippen LogP contribution in [-0.4, -0.2) is 37.2 Å². The zero-order valence-corrected chi connectivity index (χ0v) is 51.9. The second-order valence-electron chi connectivity index (χ2n) is 22.0. The summed E-state index contributed by atoms with van der Waals surface area (Å²) in [4.78, 5) is 38.3. The number of ether oxygens (including phenoxy) is 3. The fourth-order valence-electron chi connectivity index (χ4n) is 9.22. The summed E-state index contributed by atoms with van der Waals surface area (Å²) in [5, 5.41) is 0. The lowest BCUT2D eigenvalue weighted by Crippen LogP contribution is -2.30. The van der Waals surface area contributed by atoms with Gasteiger partial charge in [0.2, 0.25) is 0 Å². The van der Waals surface area contributed by atoms with Crippen LogP contribution in [0.4, 0.5) is 0 Å². The monoisotopic (exact) mass is 1100 g/mol. The normalized spacial score (nSPS) is 12.8. The molecule has 0 rings (SSSR count). The Morgan fingerprint density at radius 2 is 0.506 bits per heavy atom. The molecule has 452 valence electrons. The maximum atomic E-state index is 12.9. The van der Waals surface area contributed by atoms with Crippen molar-refractivity contribution in [2.24, 2.45) is 0 Å². The van der Waals surface area contributed by atoms with Crippen LogP contribution in [0.5, 0.6) is 0 Å². The summed E-state index contributed by atoms with van der Waals surface area (Å²) in [6.07, 6.45) is 91.0. The summed E-state index contributed by atoms with van der Waals surface area (Å²) in [5.41, 5.74) is 0. The van der Waals surface area contributed by atoms with Crippen molar-refractivity contribution >= 4 is 17.9 Å². The lowest BCUT2D eigenvalue weighted by molar-refractivity contribution is -0.167. The Hall–Kier alpha value is -3.93. The molecule has 0 aromatic carbocycles. The van der Waals surface area contributed by atoms with Crippen molar-refractivity contribution in [3.05, 3.63) is 109 Å². The number of carbonyl (C=O) groups is 3. The van der Waals surface area contributed by atoms with E-state index in [4.69, 9.17) is 14.2 Å². The zero-order chi connectivity index (χ0) is 57.1. The minimum absolute atomic E-state index is 0.0851. The van der Waals surface area contributed by atoms with Crippen molar-refractivity contribution in [1.29, 1.82) is 0 Å². The van der Waals surface area contributed by atoms with Crippen LogP contribution in [0.15, 0.2) is 109 Å². The minimum Gasteiger partial charge on any atom is -0.462 e. The third-order valence-electron chi connectivity index (χ3n) is 14.2. The molecule has 0 N–H and O–H groups in total. The smallest absolute Gasteiger partial charge is 0.306 e. The molecule has 0 bridgehead atoms.